The van der Waals surface area contributed by atoms with Gasteiger partial charge in [0, 0.05) is 0 Å². The molecule has 0 heterocycles. The van der Waals surface area contributed by atoms with Crippen molar-refractivity contribution in [2.45, 2.75) is 39.9 Å². The van der Waals surface area contributed by atoms with E-state index in [1.807, 2.05) is 0 Å². The summed E-state index contributed by atoms with van der Waals surface area (Å²) in [4.78, 5) is 0. The molecule has 0 N–H and O–H groups in total. The second-order valence-corrected chi connectivity index (χ2v) is 4.81. The molecule has 0 aliphatic heterocycles. The molecule has 0 unspecified atom stereocenters. The first-order valence-electron chi connectivity index (χ1n) is 3.69. The summed E-state index contributed by atoms with van der Waals surface area (Å²) in [6.45, 7) is 6.96. The third-order valence-electron chi connectivity index (χ3n) is 0.780. The molecule has 0 aliphatic rings. The molecule has 0 spiro atoms. The van der Waals surface area contributed by atoms with Crippen LogP contribution in [0.4, 0.5) is 0 Å². The highest BCUT2D eigenvalue weighted by molar-refractivity contribution is 7.80. The lowest BCUT2D eigenvalue weighted by atomic mass is 10.5. The van der Waals surface area contributed by atoms with Crippen LogP contribution in [-0.2, 0) is 17.6 Å². The standard InChI is InChI=1S/C6H15O4PS/c1-5(2)8-11(7,10-12)9-6(3)4/h5-6,12H,1-4H3. The highest BCUT2D eigenvalue weighted by atomic mass is 32.1. The zero-order valence-electron chi connectivity index (χ0n) is 7.68. The highest BCUT2D eigenvalue weighted by Crippen LogP contribution is 2.52. The van der Waals surface area contributed by atoms with Crippen molar-refractivity contribution in [3.63, 3.8) is 0 Å². The molecule has 12 heavy (non-hydrogen) atoms. The molecule has 0 bridgehead atoms. The van der Waals surface area contributed by atoms with Crippen LogP contribution in [0.5, 0.6) is 0 Å². The average molecular weight is 214 g/mol. The van der Waals surface area contributed by atoms with Gasteiger partial charge in [-0.1, -0.05) is 0 Å². The van der Waals surface area contributed by atoms with Crippen LogP contribution < -0.4 is 0 Å². The van der Waals surface area contributed by atoms with E-state index in [2.05, 4.69) is 16.9 Å². The average Bonchev–Trinajstić information content (AvgIpc) is 1.83. The van der Waals surface area contributed by atoms with Gasteiger partial charge >= 0.3 is 7.82 Å². The lowest BCUT2D eigenvalue weighted by molar-refractivity contribution is 0.109. The minimum atomic E-state index is -3.45. The van der Waals surface area contributed by atoms with Crippen LogP contribution in [0, 0.1) is 0 Å². The molecule has 4 nitrogen and oxygen atoms in total. The van der Waals surface area contributed by atoms with Gasteiger partial charge in [0.25, 0.3) is 0 Å². The van der Waals surface area contributed by atoms with Crippen LogP contribution in [0.15, 0.2) is 0 Å². The SMILES string of the molecule is CC(C)OP(=O)(OS)OC(C)C. The first-order valence-corrected chi connectivity index (χ1v) is 5.52. The van der Waals surface area contributed by atoms with E-state index in [9.17, 15) is 4.57 Å². The summed E-state index contributed by atoms with van der Waals surface area (Å²) in [6.07, 6.45) is -0.441. The molecule has 0 aliphatic carbocycles. The van der Waals surface area contributed by atoms with Crippen LogP contribution in [0.2, 0.25) is 0 Å². The van der Waals surface area contributed by atoms with Crippen molar-refractivity contribution in [1.82, 2.24) is 0 Å². The summed E-state index contributed by atoms with van der Waals surface area (Å²) in [5, 5.41) is 0. The fraction of sp³-hybridized carbons (Fsp3) is 1.00. The second kappa shape index (κ2) is 5.25. The predicted octanol–water partition coefficient (Wildman–Crippen LogP) is 2.81. The molecule has 0 aromatic heterocycles. The van der Waals surface area contributed by atoms with E-state index >= 15 is 0 Å². The summed E-state index contributed by atoms with van der Waals surface area (Å²) in [5.41, 5.74) is 0. The number of thiol groups is 1. The Labute approximate surface area is 78.8 Å². The number of phosphoric ester groups is 1. The summed E-state index contributed by atoms with van der Waals surface area (Å²) in [5.74, 6) is 0. The van der Waals surface area contributed by atoms with Gasteiger partial charge in [0.15, 0.2) is 0 Å². The Balaban J connectivity index is 4.15. The molecule has 0 amide bonds. The molecular weight excluding hydrogens is 199 g/mol. The fourth-order valence-electron chi connectivity index (χ4n) is 0.580. The lowest BCUT2D eigenvalue weighted by Crippen LogP contribution is -2.07. The van der Waals surface area contributed by atoms with Crippen molar-refractivity contribution in [2.75, 3.05) is 0 Å². The normalized spacial score (nSPS) is 12.9. The van der Waals surface area contributed by atoms with Gasteiger partial charge in [-0.05, 0) is 40.6 Å². The van der Waals surface area contributed by atoms with Gasteiger partial charge in [0.1, 0.15) is 0 Å². The third-order valence-corrected chi connectivity index (χ3v) is 2.94. The topological polar surface area (TPSA) is 44.8 Å². The van der Waals surface area contributed by atoms with Crippen molar-refractivity contribution < 1.29 is 17.6 Å². The number of phosphoric acid groups is 1. The van der Waals surface area contributed by atoms with Gasteiger partial charge in [-0.3, -0.25) is 9.05 Å². The predicted molar refractivity (Wildman–Crippen MR) is 50.1 cm³/mol. The van der Waals surface area contributed by atoms with Gasteiger partial charge in [0.2, 0.25) is 0 Å². The van der Waals surface area contributed by atoms with Gasteiger partial charge in [-0.2, -0.15) is 0 Å². The van der Waals surface area contributed by atoms with Crippen molar-refractivity contribution in [3.8, 4) is 0 Å². The van der Waals surface area contributed by atoms with E-state index in [1.165, 1.54) is 0 Å². The zero-order valence-corrected chi connectivity index (χ0v) is 9.47. The second-order valence-electron chi connectivity index (χ2n) is 2.84. The fourth-order valence-corrected chi connectivity index (χ4v) is 1.97. The Kier molecular flexibility index (Phi) is 5.45. The molecular formula is C6H15O4PS. The van der Waals surface area contributed by atoms with E-state index in [0.717, 1.165) is 0 Å². The molecule has 0 saturated heterocycles. The minimum Gasteiger partial charge on any atom is -0.283 e. The van der Waals surface area contributed by atoms with E-state index in [4.69, 9.17) is 9.05 Å². The van der Waals surface area contributed by atoms with E-state index in [-0.39, 0.29) is 12.2 Å². The largest absolute Gasteiger partial charge is 0.486 e. The molecule has 0 saturated carbocycles. The molecule has 0 aromatic carbocycles. The number of hydrogen-bond donors (Lipinski definition) is 1. The smallest absolute Gasteiger partial charge is 0.283 e. The monoisotopic (exact) mass is 214 g/mol. The maximum absolute atomic E-state index is 11.5. The summed E-state index contributed by atoms with van der Waals surface area (Å²) >= 11 is 3.44. The molecule has 74 valence electrons. The third kappa shape index (κ3) is 5.17. The van der Waals surface area contributed by atoms with Crippen LogP contribution in [0.3, 0.4) is 0 Å². The van der Waals surface area contributed by atoms with Crippen LogP contribution in [-0.4, -0.2) is 12.2 Å². The quantitative estimate of drug-likeness (QED) is 0.434. The Hall–Kier alpha value is 0.460. The van der Waals surface area contributed by atoms with Gasteiger partial charge in [-0.15, -0.1) is 0 Å². The van der Waals surface area contributed by atoms with E-state index in [1.54, 1.807) is 27.7 Å². The first-order chi connectivity index (χ1) is 5.39. The van der Waals surface area contributed by atoms with Crippen LogP contribution >= 0.6 is 20.7 Å². The van der Waals surface area contributed by atoms with Crippen molar-refractivity contribution >= 4 is 20.7 Å². The summed E-state index contributed by atoms with van der Waals surface area (Å²) < 4.78 is 25.7. The Morgan fingerprint density at radius 2 is 1.42 bits per heavy atom. The number of hydrogen-bond acceptors (Lipinski definition) is 5. The first kappa shape index (κ1) is 12.5. The molecule has 6 heteroatoms. The Morgan fingerprint density at radius 1 is 1.08 bits per heavy atom. The maximum atomic E-state index is 11.5. The minimum absolute atomic E-state index is 0.221. The maximum Gasteiger partial charge on any atom is 0.486 e. The van der Waals surface area contributed by atoms with Crippen molar-refractivity contribution in [1.29, 1.82) is 0 Å². The zero-order chi connectivity index (χ0) is 9.78. The molecule has 0 atom stereocenters. The molecule has 0 radical (unpaired) electrons. The van der Waals surface area contributed by atoms with Crippen molar-refractivity contribution in [2.24, 2.45) is 0 Å². The molecule has 0 rings (SSSR count). The van der Waals surface area contributed by atoms with E-state index in [0.29, 0.717) is 0 Å². The molecule has 0 aromatic rings. The van der Waals surface area contributed by atoms with Gasteiger partial charge in [0.05, 0.1) is 12.2 Å². The van der Waals surface area contributed by atoms with E-state index < -0.39 is 7.82 Å². The summed E-state index contributed by atoms with van der Waals surface area (Å²) in [6, 6.07) is 0. The Bertz CT molecular complexity index is 157. The number of rotatable bonds is 5. The van der Waals surface area contributed by atoms with Crippen molar-refractivity contribution in [3.05, 3.63) is 0 Å². The molecule has 0 fully saturated rings. The van der Waals surface area contributed by atoms with Gasteiger partial charge in [-0.25, -0.2) is 8.54 Å². The Morgan fingerprint density at radius 3 is 1.58 bits per heavy atom. The summed E-state index contributed by atoms with van der Waals surface area (Å²) in [7, 11) is -3.45. The van der Waals surface area contributed by atoms with Crippen LogP contribution in [0.25, 0.3) is 0 Å². The lowest BCUT2D eigenvalue weighted by Gasteiger charge is -2.18. The van der Waals surface area contributed by atoms with Gasteiger partial charge < -0.3 is 0 Å². The van der Waals surface area contributed by atoms with Crippen LogP contribution in [0.1, 0.15) is 27.7 Å². The highest BCUT2D eigenvalue weighted by Gasteiger charge is 2.28.